The van der Waals surface area contributed by atoms with E-state index in [1.807, 2.05) is 217 Å². The van der Waals surface area contributed by atoms with Crippen LogP contribution in [0, 0.1) is 34.6 Å². The SMILES string of the molecule is Cc1ccc(O)c(C(c2ccccc2)c2cc(C)cc(C(c3ccccc3)c3cc(C)cc(C(c4ccccc4)c4cc(C)cc(C(c5ccccc5)c5cc(C)ccc5O)c4O)c3O)c2O)c1. The van der Waals surface area contributed by atoms with Gasteiger partial charge in [0.1, 0.15) is 28.7 Å². The van der Waals surface area contributed by atoms with Crippen LogP contribution in [0.2, 0.25) is 0 Å². The Kier molecular flexibility index (Phi) is 12.7. The second-order valence-electron chi connectivity index (χ2n) is 18.4. The molecule has 0 aliphatic heterocycles. The van der Waals surface area contributed by atoms with Gasteiger partial charge in [-0.3, -0.25) is 0 Å². The Balaban J connectivity index is 1.29. The fourth-order valence-corrected chi connectivity index (χ4v) is 10.3. The average molecular weight is 893 g/mol. The third kappa shape index (κ3) is 8.83. The first-order valence-electron chi connectivity index (χ1n) is 23.2. The van der Waals surface area contributed by atoms with E-state index in [4.69, 9.17) is 0 Å². The summed E-state index contributed by atoms with van der Waals surface area (Å²) in [4.78, 5) is 0. The van der Waals surface area contributed by atoms with Crippen LogP contribution in [0.3, 0.4) is 0 Å². The predicted octanol–water partition coefficient (Wildman–Crippen LogP) is 14.5. The van der Waals surface area contributed by atoms with Crippen molar-refractivity contribution in [2.75, 3.05) is 0 Å². The topological polar surface area (TPSA) is 101 Å². The minimum Gasteiger partial charge on any atom is -0.508 e. The van der Waals surface area contributed by atoms with Crippen molar-refractivity contribution in [3.63, 3.8) is 0 Å². The van der Waals surface area contributed by atoms with Gasteiger partial charge >= 0.3 is 0 Å². The van der Waals surface area contributed by atoms with Crippen LogP contribution in [-0.4, -0.2) is 25.5 Å². The second-order valence-corrected chi connectivity index (χ2v) is 18.4. The van der Waals surface area contributed by atoms with Gasteiger partial charge in [-0.15, -0.1) is 0 Å². The first kappa shape index (κ1) is 45.1. The Morgan fingerprint density at radius 3 is 0.676 bits per heavy atom. The predicted molar refractivity (Wildman–Crippen MR) is 274 cm³/mol. The number of rotatable bonds is 12. The molecule has 0 fully saturated rings. The molecular weight excluding hydrogens is 837 g/mol. The molecule has 0 amide bonds. The summed E-state index contributed by atoms with van der Waals surface area (Å²) in [5.74, 6) is -1.91. The Labute approximate surface area is 399 Å². The third-order valence-corrected chi connectivity index (χ3v) is 13.3. The largest absolute Gasteiger partial charge is 0.508 e. The Hall–Kier alpha value is -8.02. The van der Waals surface area contributed by atoms with Crippen molar-refractivity contribution in [2.24, 2.45) is 0 Å². The van der Waals surface area contributed by atoms with Crippen molar-refractivity contribution in [1.29, 1.82) is 0 Å². The van der Waals surface area contributed by atoms with Gasteiger partial charge in [-0.1, -0.05) is 210 Å². The molecule has 5 nitrogen and oxygen atoms in total. The zero-order valence-electron chi connectivity index (χ0n) is 39.0. The molecule has 5 N–H and O–H groups in total. The van der Waals surface area contributed by atoms with E-state index in [1.165, 1.54) is 0 Å². The minimum absolute atomic E-state index is 0.0371. The molecule has 4 atom stereocenters. The van der Waals surface area contributed by atoms with Crippen LogP contribution in [0.5, 0.6) is 28.7 Å². The summed E-state index contributed by atoms with van der Waals surface area (Å²) in [6.45, 7) is 10.0. The smallest absolute Gasteiger partial charge is 0.123 e. The zero-order valence-corrected chi connectivity index (χ0v) is 39.0. The van der Waals surface area contributed by atoms with E-state index in [-0.39, 0.29) is 28.7 Å². The van der Waals surface area contributed by atoms with E-state index in [0.717, 1.165) is 50.1 Å². The van der Waals surface area contributed by atoms with Gasteiger partial charge in [-0.2, -0.15) is 0 Å². The normalized spacial score (nSPS) is 13.1. The molecule has 0 heterocycles. The van der Waals surface area contributed by atoms with E-state index >= 15 is 0 Å². The number of phenolic OH excluding ortho intramolecular Hbond substituents is 5. The van der Waals surface area contributed by atoms with E-state index in [1.54, 1.807) is 12.1 Å². The van der Waals surface area contributed by atoms with E-state index < -0.39 is 23.7 Å². The van der Waals surface area contributed by atoms with Crippen LogP contribution in [-0.2, 0) is 0 Å². The second kappa shape index (κ2) is 19.1. The van der Waals surface area contributed by atoms with Crippen LogP contribution in [0.25, 0.3) is 0 Å². The monoisotopic (exact) mass is 892 g/mol. The maximum atomic E-state index is 13.2. The fourth-order valence-electron chi connectivity index (χ4n) is 10.3. The molecule has 0 aliphatic carbocycles. The first-order chi connectivity index (χ1) is 32.9. The van der Waals surface area contributed by atoms with Crippen LogP contribution in [0.15, 0.2) is 194 Å². The summed E-state index contributed by atoms with van der Waals surface area (Å²) in [5.41, 5.74) is 13.2. The lowest BCUT2D eigenvalue weighted by molar-refractivity contribution is 0.445. The molecular formula is C63H56O5. The summed E-state index contributed by atoms with van der Waals surface area (Å²) in [6.07, 6.45) is 0. The molecule has 9 rings (SSSR count). The van der Waals surface area contributed by atoms with Crippen molar-refractivity contribution >= 4 is 0 Å². The van der Waals surface area contributed by atoms with Crippen molar-refractivity contribution in [3.05, 3.63) is 289 Å². The number of hydrogen-bond acceptors (Lipinski definition) is 5. The van der Waals surface area contributed by atoms with Gasteiger partial charge in [0, 0.05) is 68.2 Å². The number of aromatic hydroxyl groups is 5. The Morgan fingerprint density at radius 1 is 0.235 bits per heavy atom. The van der Waals surface area contributed by atoms with E-state index in [0.29, 0.717) is 44.5 Å². The number of hydrogen-bond donors (Lipinski definition) is 5. The highest BCUT2D eigenvalue weighted by Gasteiger charge is 2.34. The third-order valence-electron chi connectivity index (χ3n) is 13.3. The molecule has 0 saturated heterocycles. The lowest BCUT2D eigenvalue weighted by atomic mass is 9.75. The van der Waals surface area contributed by atoms with Gasteiger partial charge in [0.25, 0.3) is 0 Å². The fraction of sp³-hybridized carbons (Fsp3) is 0.143. The molecule has 9 aromatic carbocycles. The van der Waals surface area contributed by atoms with Gasteiger partial charge in [-0.05, 0) is 69.0 Å². The van der Waals surface area contributed by atoms with Crippen molar-refractivity contribution in [1.82, 2.24) is 0 Å². The number of phenols is 5. The molecule has 0 aromatic heterocycles. The molecule has 5 heteroatoms. The summed E-state index contributed by atoms with van der Waals surface area (Å²) in [5, 5.41) is 61.9. The van der Waals surface area contributed by atoms with Gasteiger partial charge < -0.3 is 25.5 Å². The minimum atomic E-state index is -0.652. The molecule has 0 aliphatic rings. The zero-order chi connectivity index (χ0) is 47.6. The van der Waals surface area contributed by atoms with Crippen LogP contribution in [0.4, 0.5) is 0 Å². The maximum Gasteiger partial charge on any atom is 0.123 e. The van der Waals surface area contributed by atoms with Gasteiger partial charge in [0.05, 0.1) is 0 Å². The molecule has 68 heavy (non-hydrogen) atoms. The van der Waals surface area contributed by atoms with Gasteiger partial charge in [0.15, 0.2) is 0 Å². The number of benzene rings is 9. The van der Waals surface area contributed by atoms with Gasteiger partial charge in [-0.25, -0.2) is 0 Å². The average Bonchev–Trinajstić information content (AvgIpc) is 3.34. The summed E-state index contributed by atoms with van der Waals surface area (Å²) >= 11 is 0. The molecule has 9 aromatic rings. The molecule has 4 unspecified atom stereocenters. The molecule has 0 bridgehead atoms. The highest BCUT2D eigenvalue weighted by atomic mass is 16.3. The van der Waals surface area contributed by atoms with Crippen molar-refractivity contribution in [3.8, 4) is 28.7 Å². The maximum absolute atomic E-state index is 13.2. The Bertz CT molecular complexity index is 3020. The number of aryl methyl sites for hydroxylation is 5. The quantitative estimate of drug-likeness (QED) is 0.0787. The summed E-state index contributed by atoms with van der Waals surface area (Å²) < 4.78 is 0. The van der Waals surface area contributed by atoms with E-state index in [2.05, 4.69) is 0 Å². The van der Waals surface area contributed by atoms with Crippen molar-refractivity contribution < 1.29 is 25.5 Å². The molecule has 338 valence electrons. The Morgan fingerprint density at radius 2 is 0.441 bits per heavy atom. The molecule has 0 saturated carbocycles. The van der Waals surface area contributed by atoms with Crippen molar-refractivity contribution in [2.45, 2.75) is 58.3 Å². The summed E-state index contributed by atoms with van der Waals surface area (Å²) in [6, 6.07) is 62.8. The molecule has 0 spiro atoms. The highest BCUT2D eigenvalue weighted by Crippen LogP contribution is 2.52. The lowest BCUT2D eigenvalue weighted by Crippen LogP contribution is -2.12. The standard InChI is InChI=1S/C63H56O5/c1-38-26-28-55(64)47(30-38)57(43-18-10-6-11-19-43)49-32-40(3)34-51(61(49)66)59(45-22-14-8-15-23-45)53-36-42(5)37-54(63(53)68)60(46-24-16-9-17-25-46)52-35-41(4)33-50(62(52)67)58(44-20-12-7-13-21-44)48-31-39(2)27-29-56(48)65/h6-37,57-60,64-68H,1-5H3. The van der Waals surface area contributed by atoms with Gasteiger partial charge in [0.2, 0.25) is 0 Å². The van der Waals surface area contributed by atoms with Crippen LogP contribution in [0.1, 0.15) is 118 Å². The van der Waals surface area contributed by atoms with E-state index in [9.17, 15) is 25.5 Å². The van der Waals surface area contributed by atoms with Crippen LogP contribution < -0.4 is 0 Å². The van der Waals surface area contributed by atoms with Crippen LogP contribution >= 0.6 is 0 Å². The lowest BCUT2D eigenvalue weighted by Gasteiger charge is -2.29. The highest BCUT2D eigenvalue weighted by molar-refractivity contribution is 5.66. The first-order valence-corrected chi connectivity index (χ1v) is 23.2. The summed E-state index contributed by atoms with van der Waals surface area (Å²) in [7, 11) is 0. The molecule has 0 radical (unpaired) electrons.